The van der Waals surface area contributed by atoms with Gasteiger partial charge in [-0.2, -0.15) is 0 Å². The highest BCUT2D eigenvalue weighted by atomic mass is 32.1. The van der Waals surface area contributed by atoms with Gasteiger partial charge in [0.15, 0.2) is 0 Å². The lowest BCUT2D eigenvalue weighted by molar-refractivity contribution is 0.186. The van der Waals surface area contributed by atoms with Gasteiger partial charge in [0.1, 0.15) is 9.71 Å². The highest BCUT2D eigenvalue weighted by Gasteiger charge is 2.19. The van der Waals surface area contributed by atoms with Gasteiger partial charge in [0.25, 0.3) is 5.89 Å². The Morgan fingerprint density at radius 2 is 2.15 bits per heavy atom. The summed E-state index contributed by atoms with van der Waals surface area (Å²) in [6.45, 7) is 4.19. The Hall–Kier alpha value is -1.99. The van der Waals surface area contributed by atoms with Crippen molar-refractivity contribution in [3.05, 3.63) is 23.2 Å². The molecule has 6 nitrogen and oxygen atoms in total. The molecule has 0 amide bonds. The summed E-state index contributed by atoms with van der Waals surface area (Å²) >= 11 is 1.46. The minimum atomic E-state index is 0.434. The van der Waals surface area contributed by atoms with Crippen LogP contribution in [0.3, 0.4) is 0 Å². The number of aromatic nitrogens is 3. The van der Waals surface area contributed by atoms with E-state index in [1.807, 2.05) is 13.0 Å². The van der Waals surface area contributed by atoms with Crippen molar-refractivity contribution in [2.45, 2.75) is 20.5 Å². The summed E-state index contributed by atoms with van der Waals surface area (Å²) in [4.78, 5) is 6.15. The monoisotopic (exact) mass is 290 g/mol. The maximum atomic E-state index is 6.25. The quantitative estimate of drug-likeness (QED) is 0.798. The molecule has 0 aromatic carbocycles. The predicted octanol–water partition coefficient (Wildman–Crippen LogP) is 2.69. The number of anilines is 1. The zero-order valence-electron chi connectivity index (χ0n) is 11.4. The SMILES string of the molecule is COCc1cc(C)nc2sc(-c3nnc(C)o3)c(N)c12. The molecule has 0 aliphatic heterocycles. The molecule has 0 spiro atoms. The molecular formula is C13H14N4O2S. The van der Waals surface area contributed by atoms with E-state index in [9.17, 15) is 0 Å². The zero-order chi connectivity index (χ0) is 14.3. The van der Waals surface area contributed by atoms with E-state index < -0.39 is 0 Å². The van der Waals surface area contributed by atoms with Crippen LogP contribution in [0, 0.1) is 13.8 Å². The van der Waals surface area contributed by atoms with Crippen molar-refractivity contribution in [3.8, 4) is 10.8 Å². The van der Waals surface area contributed by atoms with Crippen molar-refractivity contribution in [3.63, 3.8) is 0 Å². The topological polar surface area (TPSA) is 87.1 Å². The highest BCUT2D eigenvalue weighted by molar-refractivity contribution is 7.22. The molecule has 0 atom stereocenters. The Labute approximate surface area is 119 Å². The number of rotatable bonds is 3. The van der Waals surface area contributed by atoms with Gasteiger partial charge in [0.05, 0.1) is 12.3 Å². The molecule has 0 aliphatic rings. The van der Waals surface area contributed by atoms with Gasteiger partial charge in [-0.1, -0.05) is 0 Å². The molecule has 0 saturated carbocycles. The second-order valence-electron chi connectivity index (χ2n) is 4.51. The summed E-state index contributed by atoms with van der Waals surface area (Å²) in [5.74, 6) is 0.946. The van der Waals surface area contributed by atoms with Crippen LogP contribution in [0.2, 0.25) is 0 Å². The van der Waals surface area contributed by atoms with Crippen molar-refractivity contribution in [1.82, 2.24) is 15.2 Å². The van der Waals surface area contributed by atoms with Crippen LogP contribution >= 0.6 is 11.3 Å². The molecule has 0 saturated heterocycles. The number of hydrogen-bond donors (Lipinski definition) is 1. The summed E-state index contributed by atoms with van der Waals surface area (Å²) in [6.07, 6.45) is 0. The molecule has 3 aromatic heterocycles. The summed E-state index contributed by atoms with van der Waals surface area (Å²) in [7, 11) is 1.66. The fourth-order valence-electron chi connectivity index (χ4n) is 2.15. The summed E-state index contributed by atoms with van der Waals surface area (Å²) in [5, 5.41) is 8.78. The van der Waals surface area contributed by atoms with E-state index >= 15 is 0 Å². The third kappa shape index (κ3) is 2.04. The number of thiophene rings is 1. The van der Waals surface area contributed by atoms with Gasteiger partial charge in [-0.3, -0.25) is 0 Å². The molecule has 20 heavy (non-hydrogen) atoms. The second kappa shape index (κ2) is 4.84. The van der Waals surface area contributed by atoms with Gasteiger partial charge in [-0.25, -0.2) is 4.98 Å². The van der Waals surface area contributed by atoms with E-state index in [2.05, 4.69) is 15.2 Å². The zero-order valence-corrected chi connectivity index (χ0v) is 12.2. The van der Waals surface area contributed by atoms with E-state index in [0.29, 0.717) is 24.1 Å². The lowest BCUT2D eigenvalue weighted by Crippen LogP contribution is -1.94. The van der Waals surface area contributed by atoms with E-state index in [1.54, 1.807) is 14.0 Å². The number of nitrogens with two attached hydrogens (primary N) is 1. The summed E-state index contributed by atoms with van der Waals surface area (Å²) in [5.41, 5.74) is 8.82. The van der Waals surface area contributed by atoms with Crippen LogP contribution in [-0.2, 0) is 11.3 Å². The van der Waals surface area contributed by atoms with Crippen LogP contribution in [0.25, 0.3) is 21.0 Å². The van der Waals surface area contributed by atoms with Crippen molar-refractivity contribution in [2.75, 3.05) is 12.8 Å². The Morgan fingerprint density at radius 1 is 1.35 bits per heavy atom. The van der Waals surface area contributed by atoms with Gasteiger partial charge in [-0.05, 0) is 18.6 Å². The number of pyridine rings is 1. The molecule has 0 fully saturated rings. The molecule has 104 valence electrons. The van der Waals surface area contributed by atoms with Gasteiger partial charge in [-0.15, -0.1) is 21.5 Å². The third-order valence-corrected chi connectivity index (χ3v) is 4.02. The average molecular weight is 290 g/mol. The molecule has 0 bridgehead atoms. The molecule has 2 N–H and O–H groups in total. The molecule has 0 radical (unpaired) electrons. The molecule has 7 heteroatoms. The Balaban J connectivity index is 2.26. The van der Waals surface area contributed by atoms with Crippen molar-refractivity contribution in [1.29, 1.82) is 0 Å². The molecule has 0 unspecified atom stereocenters. The lowest BCUT2D eigenvalue weighted by Gasteiger charge is -2.04. The summed E-state index contributed by atoms with van der Waals surface area (Å²) in [6, 6.07) is 1.98. The molecular weight excluding hydrogens is 276 g/mol. The molecule has 3 aromatic rings. The minimum Gasteiger partial charge on any atom is -0.420 e. The first kappa shape index (κ1) is 13.0. The number of aryl methyl sites for hydroxylation is 2. The Kier molecular flexibility index (Phi) is 3.15. The van der Waals surface area contributed by atoms with E-state index in [1.165, 1.54) is 11.3 Å². The van der Waals surface area contributed by atoms with Crippen molar-refractivity contribution >= 4 is 27.2 Å². The van der Waals surface area contributed by atoms with Gasteiger partial charge < -0.3 is 14.9 Å². The number of nitrogens with zero attached hydrogens (tertiary/aromatic N) is 3. The number of ether oxygens (including phenoxy) is 1. The number of nitrogen functional groups attached to an aromatic ring is 1. The van der Waals surface area contributed by atoms with Crippen LogP contribution in [0.4, 0.5) is 5.69 Å². The van der Waals surface area contributed by atoms with Crippen LogP contribution in [0.15, 0.2) is 10.5 Å². The third-order valence-electron chi connectivity index (χ3n) is 2.93. The number of methoxy groups -OCH3 is 1. The Bertz CT molecular complexity index is 778. The van der Waals surface area contributed by atoms with Gasteiger partial charge in [0, 0.05) is 25.1 Å². The first-order valence-corrected chi connectivity index (χ1v) is 6.89. The van der Waals surface area contributed by atoms with E-state index in [4.69, 9.17) is 14.9 Å². The Morgan fingerprint density at radius 3 is 2.80 bits per heavy atom. The van der Waals surface area contributed by atoms with Crippen LogP contribution in [-0.4, -0.2) is 22.3 Å². The predicted molar refractivity (Wildman–Crippen MR) is 77.5 cm³/mol. The molecule has 3 heterocycles. The first-order valence-electron chi connectivity index (χ1n) is 6.08. The largest absolute Gasteiger partial charge is 0.420 e. The second-order valence-corrected chi connectivity index (χ2v) is 5.51. The lowest BCUT2D eigenvalue weighted by atomic mass is 10.1. The number of fused-ring (bicyclic) bond motifs is 1. The fourth-order valence-corrected chi connectivity index (χ4v) is 3.26. The normalized spacial score (nSPS) is 11.3. The number of hydrogen-bond acceptors (Lipinski definition) is 7. The molecule has 0 aliphatic carbocycles. The van der Waals surface area contributed by atoms with E-state index in [0.717, 1.165) is 26.4 Å². The minimum absolute atomic E-state index is 0.434. The fraction of sp³-hybridized carbons (Fsp3) is 0.308. The highest BCUT2D eigenvalue weighted by Crippen LogP contribution is 2.41. The van der Waals surface area contributed by atoms with E-state index in [-0.39, 0.29) is 0 Å². The van der Waals surface area contributed by atoms with Gasteiger partial charge >= 0.3 is 0 Å². The van der Waals surface area contributed by atoms with Crippen LogP contribution in [0.5, 0.6) is 0 Å². The van der Waals surface area contributed by atoms with Crippen LogP contribution in [0.1, 0.15) is 17.1 Å². The maximum Gasteiger partial charge on any atom is 0.259 e. The van der Waals surface area contributed by atoms with Crippen molar-refractivity contribution < 1.29 is 9.15 Å². The van der Waals surface area contributed by atoms with Crippen LogP contribution < -0.4 is 5.73 Å². The standard InChI is InChI=1S/C13H14N4O2S/c1-6-4-8(5-18-3)9-10(14)11(20-13(9)15-6)12-17-16-7(2)19-12/h4H,5,14H2,1-3H3. The average Bonchev–Trinajstić information content (AvgIpc) is 2.94. The summed E-state index contributed by atoms with van der Waals surface area (Å²) < 4.78 is 10.7. The smallest absolute Gasteiger partial charge is 0.259 e. The maximum absolute atomic E-state index is 6.25. The first-order chi connectivity index (χ1) is 9.60. The van der Waals surface area contributed by atoms with Gasteiger partial charge in [0.2, 0.25) is 5.89 Å². The van der Waals surface area contributed by atoms with Crippen molar-refractivity contribution in [2.24, 2.45) is 0 Å². The molecule has 3 rings (SSSR count).